The zero-order valence-corrected chi connectivity index (χ0v) is 23.6. The van der Waals surface area contributed by atoms with Gasteiger partial charge in [-0.2, -0.15) is 4.99 Å². The highest BCUT2D eigenvalue weighted by Crippen LogP contribution is 2.62. The molecule has 1 saturated heterocycles. The van der Waals surface area contributed by atoms with Crippen LogP contribution in [0.1, 0.15) is 62.5 Å². The Kier molecular flexibility index (Phi) is 6.07. The van der Waals surface area contributed by atoms with Gasteiger partial charge in [-0.1, -0.05) is 6.07 Å². The molecule has 5 fully saturated rings. The fourth-order valence-corrected chi connectivity index (χ4v) is 9.42. The Morgan fingerprint density at radius 3 is 2.36 bits per heavy atom. The first kappa shape index (κ1) is 25.2. The van der Waals surface area contributed by atoms with E-state index in [9.17, 15) is 9.90 Å². The zero-order chi connectivity index (χ0) is 26.9. The lowest BCUT2D eigenvalue weighted by molar-refractivity contribution is -0.113. The molecule has 8 rings (SSSR count). The number of phenols is 1. The molecule has 2 aromatic carbocycles. The molecule has 4 aliphatic carbocycles. The number of carbonyl (C=O) groups is 1. The van der Waals surface area contributed by atoms with E-state index < -0.39 is 5.82 Å². The maximum absolute atomic E-state index is 15.5. The van der Waals surface area contributed by atoms with Crippen molar-refractivity contribution in [1.82, 2.24) is 4.90 Å². The number of amides is 1. The molecule has 2 aliphatic heterocycles. The molecule has 0 aromatic heterocycles. The first-order chi connectivity index (χ1) is 18.8. The van der Waals surface area contributed by atoms with Gasteiger partial charge in [0.15, 0.2) is 16.7 Å². The number of aromatic hydroxyl groups is 1. The van der Waals surface area contributed by atoms with E-state index in [0.717, 1.165) is 78.3 Å². The number of halogens is 1. The molecule has 6 aliphatic rings. The van der Waals surface area contributed by atoms with Crippen LogP contribution in [0.25, 0.3) is 17.2 Å². The molecule has 1 amide bonds. The second-order valence-corrected chi connectivity index (χ2v) is 13.7. The summed E-state index contributed by atoms with van der Waals surface area (Å²) in [5.41, 5.74) is 4.21. The van der Waals surface area contributed by atoms with E-state index in [0.29, 0.717) is 22.7 Å². The van der Waals surface area contributed by atoms with E-state index in [2.05, 4.69) is 16.0 Å². The molecule has 2 heterocycles. The maximum Gasteiger partial charge on any atom is 0.286 e. The van der Waals surface area contributed by atoms with E-state index in [4.69, 9.17) is 0 Å². The molecular formula is C32H36FN3O2S. The number of likely N-dealkylation sites (tertiary alicyclic amines) is 1. The van der Waals surface area contributed by atoms with Crippen molar-refractivity contribution < 1.29 is 14.3 Å². The Balaban J connectivity index is 1.27. The summed E-state index contributed by atoms with van der Waals surface area (Å²) in [4.78, 5) is 21.9. The summed E-state index contributed by atoms with van der Waals surface area (Å²) in [5, 5.41) is 11.8. The molecule has 0 unspecified atom stereocenters. The first-order valence-electron chi connectivity index (χ1n) is 14.4. The van der Waals surface area contributed by atoms with E-state index in [-0.39, 0.29) is 17.1 Å². The van der Waals surface area contributed by atoms with Gasteiger partial charge in [0.05, 0.1) is 4.91 Å². The summed E-state index contributed by atoms with van der Waals surface area (Å²) >= 11 is 1.45. The number of hydrogen-bond donors (Lipinski definition) is 1. The summed E-state index contributed by atoms with van der Waals surface area (Å²) < 4.78 is 15.5. The molecule has 0 radical (unpaired) electrons. The molecule has 39 heavy (non-hydrogen) atoms. The van der Waals surface area contributed by atoms with Crippen LogP contribution in [0.4, 0.5) is 10.1 Å². The van der Waals surface area contributed by atoms with Gasteiger partial charge in [0.1, 0.15) is 0 Å². The van der Waals surface area contributed by atoms with Crippen LogP contribution in [0.2, 0.25) is 0 Å². The van der Waals surface area contributed by atoms with Gasteiger partial charge < -0.3 is 14.9 Å². The monoisotopic (exact) mass is 545 g/mol. The number of carbonyl (C=O) groups excluding carboxylic acids is 1. The number of nitrogens with zero attached hydrogens (tertiary/aromatic N) is 3. The third-order valence-corrected chi connectivity index (χ3v) is 10.8. The lowest BCUT2D eigenvalue weighted by atomic mass is 9.48. The molecule has 5 nitrogen and oxygen atoms in total. The SMILES string of the molecule is CN(C)c1ccc(C=C2SC(N3CCCC3)=NC2=O)cc1-c1cc(F)c(O)c(C23CC4CC(CC(C4)C2)C3)c1. The van der Waals surface area contributed by atoms with E-state index >= 15 is 4.39 Å². The molecule has 0 atom stereocenters. The van der Waals surface area contributed by atoms with E-state index in [1.165, 1.54) is 37.1 Å². The Morgan fingerprint density at radius 1 is 1.05 bits per heavy atom. The Bertz CT molecular complexity index is 1370. The average molecular weight is 546 g/mol. The normalized spacial score (nSPS) is 30.5. The van der Waals surface area contributed by atoms with Crippen LogP contribution in [-0.2, 0) is 10.2 Å². The summed E-state index contributed by atoms with van der Waals surface area (Å²) in [7, 11) is 3.97. The number of anilines is 1. The van der Waals surface area contributed by atoms with Gasteiger partial charge in [0, 0.05) is 44.0 Å². The van der Waals surface area contributed by atoms with E-state index in [1.807, 2.05) is 43.3 Å². The highest BCUT2D eigenvalue weighted by Gasteiger charge is 2.52. The minimum atomic E-state index is -0.545. The maximum atomic E-state index is 15.5. The Hall–Kier alpha value is -2.80. The van der Waals surface area contributed by atoms with Crippen molar-refractivity contribution in [2.24, 2.45) is 22.7 Å². The van der Waals surface area contributed by atoms with Crippen LogP contribution in [0.15, 0.2) is 40.2 Å². The molecule has 4 saturated carbocycles. The van der Waals surface area contributed by atoms with Gasteiger partial charge in [-0.25, -0.2) is 4.39 Å². The van der Waals surface area contributed by atoms with Crippen molar-refractivity contribution in [2.45, 2.75) is 56.8 Å². The van der Waals surface area contributed by atoms with Crippen LogP contribution in [0.5, 0.6) is 5.75 Å². The van der Waals surface area contributed by atoms with Crippen LogP contribution in [0.3, 0.4) is 0 Å². The van der Waals surface area contributed by atoms with Gasteiger partial charge in [-0.05, 0) is 128 Å². The first-order valence-corrected chi connectivity index (χ1v) is 15.2. The molecule has 204 valence electrons. The second kappa shape index (κ2) is 9.39. The summed E-state index contributed by atoms with van der Waals surface area (Å²) in [5.74, 6) is 1.19. The topological polar surface area (TPSA) is 56.1 Å². The Labute approximate surface area is 234 Å². The van der Waals surface area contributed by atoms with Crippen molar-refractivity contribution >= 4 is 34.6 Å². The number of thioether (sulfide) groups is 1. The summed E-state index contributed by atoms with van der Waals surface area (Å²) in [6, 6.07) is 9.62. The van der Waals surface area contributed by atoms with E-state index in [1.54, 1.807) is 0 Å². The smallest absolute Gasteiger partial charge is 0.286 e. The number of amidine groups is 1. The van der Waals surface area contributed by atoms with Crippen molar-refractivity contribution in [3.8, 4) is 16.9 Å². The van der Waals surface area contributed by atoms with Crippen molar-refractivity contribution in [2.75, 3.05) is 32.1 Å². The highest BCUT2D eigenvalue weighted by atomic mass is 32.2. The fourth-order valence-electron chi connectivity index (χ4n) is 8.46. The highest BCUT2D eigenvalue weighted by molar-refractivity contribution is 8.18. The standard InChI is InChI=1S/C32H36FN3O2S/c1-35(2)27-6-5-19(13-28-30(38)34-31(39-28)36-7-3-4-8-36)12-24(27)23-14-25(29(37)26(33)15-23)32-16-20-9-21(17-32)11-22(10-20)18-32/h5-6,12-15,20-22,37H,3-4,7-11,16-18H2,1-2H3. The van der Waals surface area contributed by atoms with Crippen LogP contribution in [0, 0.1) is 23.6 Å². The second-order valence-electron chi connectivity index (χ2n) is 12.7. The number of hydrogen-bond acceptors (Lipinski definition) is 5. The molecule has 2 aromatic rings. The molecule has 1 N–H and O–H groups in total. The predicted octanol–water partition coefficient (Wildman–Crippen LogP) is 6.80. The number of aliphatic imine (C=N–C) groups is 1. The van der Waals surface area contributed by atoms with Crippen LogP contribution in [-0.4, -0.2) is 48.3 Å². The van der Waals surface area contributed by atoms with Crippen molar-refractivity contribution in [1.29, 1.82) is 0 Å². The fraction of sp³-hybridized carbons (Fsp3) is 0.500. The van der Waals surface area contributed by atoms with Crippen LogP contribution < -0.4 is 4.90 Å². The number of rotatable bonds is 4. The summed E-state index contributed by atoms with van der Waals surface area (Å²) in [6.07, 6.45) is 11.2. The molecular weight excluding hydrogens is 509 g/mol. The largest absolute Gasteiger partial charge is 0.505 e. The third kappa shape index (κ3) is 4.37. The summed E-state index contributed by atoms with van der Waals surface area (Å²) in [6.45, 7) is 1.90. The van der Waals surface area contributed by atoms with Gasteiger partial charge >= 0.3 is 0 Å². The zero-order valence-electron chi connectivity index (χ0n) is 22.8. The van der Waals surface area contributed by atoms with Gasteiger partial charge in [0.25, 0.3) is 5.91 Å². The van der Waals surface area contributed by atoms with Crippen LogP contribution >= 0.6 is 11.8 Å². The lowest BCUT2D eigenvalue weighted by Crippen LogP contribution is -2.48. The minimum absolute atomic E-state index is 0.121. The Morgan fingerprint density at radius 2 is 1.72 bits per heavy atom. The number of phenolic OH excluding ortho intramolecular Hbond substituents is 1. The minimum Gasteiger partial charge on any atom is -0.505 e. The molecule has 4 bridgehead atoms. The van der Waals surface area contributed by atoms with Gasteiger partial charge in [0.2, 0.25) is 0 Å². The van der Waals surface area contributed by atoms with Crippen molar-refractivity contribution in [3.63, 3.8) is 0 Å². The lowest BCUT2D eigenvalue weighted by Gasteiger charge is -2.57. The third-order valence-electron chi connectivity index (χ3n) is 9.77. The average Bonchev–Trinajstić information content (AvgIpc) is 3.55. The quantitative estimate of drug-likeness (QED) is 0.429. The van der Waals surface area contributed by atoms with Crippen molar-refractivity contribution in [3.05, 3.63) is 52.2 Å². The van der Waals surface area contributed by atoms with Gasteiger partial charge in [-0.3, -0.25) is 4.79 Å². The van der Waals surface area contributed by atoms with Gasteiger partial charge in [-0.15, -0.1) is 0 Å². The molecule has 7 heteroatoms. The predicted molar refractivity (Wildman–Crippen MR) is 156 cm³/mol. The number of benzene rings is 2. The molecule has 0 spiro atoms.